The lowest BCUT2D eigenvalue weighted by molar-refractivity contribution is 0.102. The molecule has 30 heavy (non-hydrogen) atoms. The molecular formula is C22H25N5O3. The number of aromatic nitrogens is 3. The van der Waals surface area contributed by atoms with Crippen LogP contribution in [0.4, 0.5) is 11.4 Å². The number of amides is 1. The van der Waals surface area contributed by atoms with Gasteiger partial charge in [0.15, 0.2) is 5.65 Å². The van der Waals surface area contributed by atoms with E-state index in [1.54, 1.807) is 29.2 Å². The molecule has 8 nitrogen and oxygen atoms in total. The molecular weight excluding hydrogens is 382 g/mol. The summed E-state index contributed by atoms with van der Waals surface area (Å²) in [5.74, 6) is 0.995. The van der Waals surface area contributed by atoms with Crippen LogP contribution < -0.4 is 15.0 Å². The van der Waals surface area contributed by atoms with E-state index in [4.69, 9.17) is 4.74 Å². The van der Waals surface area contributed by atoms with Crippen molar-refractivity contribution in [2.24, 2.45) is 5.92 Å². The summed E-state index contributed by atoms with van der Waals surface area (Å²) in [7, 11) is 0. The minimum Gasteiger partial charge on any atom is -0.490 e. The zero-order chi connectivity index (χ0) is 20.7. The van der Waals surface area contributed by atoms with Gasteiger partial charge in [-0.05, 0) is 37.8 Å². The molecule has 0 radical (unpaired) electrons. The van der Waals surface area contributed by atoms with Crippen LogP contribution in [-0.2, 0) is 6.42 Å². The fourth-order valence-electron chi connectivity index (χ4n) is 4.35. The molecule has 0 bridgehead atoms. The Bertz CT molecular complexity index is 1090. The van der Waals surface area contributed by atoms with Crippen molar-refractivity contribution >= 4 is 22.9 Å². The molecule has 156 valence electrons. The Labute approximate surface area is 174 Å². The minimum atomic E-state index is -0.234. The average Bonchev–Trinajstić information content (AvgIpc) is 3.35. The van der Waals surface area contributed by atoms with Gasteiger partial charge in [0.2, 0.25) is 0 Å². The van der Waals surface area contributed by atoms with E-state index in [9.17, 15) is 9.90 Å². The second kappa shape index (κ2) is 7.60. The van der Waals surface area contributed by atoms with Crippen molar-refractivity contribution in [2.45, 2.75) is 32.3 Å². The van der Waals surface area contributed by atoms with Crippen LogP contribution in [0, 0.1) is 5.92 Å². The third kappa shape index (κ3) is 3.37. The van der Waals surface area contributed by atoms with E-state index in [0.717, 1.165) is 55.0 Å². The molecule has 0 saturated carbocycles. The maximum atomic E-state index is 13.1. The molecule has 2 aromatic heterocycles. The molecule has 2 aliphatic rings. The fraction of sp³-hybridized carbons (Fsp3) is 0.409. The topological polar surface area (TPSA) is 92.0 Å². The Morgan fingerprint density at radius 2 is 2.17 bits per heavy atom. The van der Waals surface area contributed by atoms with Crippen molar-refractivity contribution in [1.82, 2.24) is 14.6 Å². The lowest BCUT2D eigenvalue weighted by Crippen LogP contribution is -2.35. The highest BCUT2D eigenvalue weighted by Crippen LogP contribution is 2.40. The zero-order valence-electron chi connectivity index (χ0n) is 16.9. The lowest BCUT2D eigenvalue weighted by Gasteiger charge is -2.34. The van der Waals surface area contributed by atoms with Crippen LogP contribution in [0.3, 0.4) is 0 Å². The smallest absolute Gasteiger partial charge is 0.261 e. The summed E-state index contributed by atoms with van der Waals surface area (Å²) in [6, 6.07) is 5.85. The number of hydrogen-bond acceptors (Lipinski definition) is 6. The summed E-state index contributed by atoms with van der Waals surface area (Å²) in [6.07, 6.45) is 7.77. The molecule has 0 spiro atoms. The first-order valence-corrected chi connectivity index (χ1v) is 10.4. The van der Waals surface area contributed by atoms with Gasteiger partial charge in [0, 0.05) is 50.1 Å². The number of carbonyl (C=O) groups is 1. The van der Waals surface area contributed by atoms with Gasteiger partial charge in [0.1, 0.15) is 17.4 Å². The Kier molecular flexibility index (Phi) is 4.78. The molecule has 3 aromatic rings. The van der Waals surface area contributed by atoms with Gasteiger partial charge in [-0.15, -0.1) is 0 Å². The number of piperidine rings is 1. The first kappa shape index (κ1) is 18.9. The van der Waals surface area contributed by atoms with Gasteiger partial charge in [-0.25, -0.2) is 9.50 Å². The molecule has 2 aliphatic heterocycles. The highest BCUT2D eigenvalue weighted by molar-refractivity contribution is 6.09. The Morgan fingerprint density at radius 3 is 2.97 bits per heavy atom. The van der Waals surface area contributed by atoms with E-state index >= 15 is 0 Å². The molecule has 1 atom stereocenters. The van der Waals surface area contributed by atoms with Gasteiger partial charge in [0.05, 0.1) is 17.6 Å². The number of carbonyl (C=O) groups excluding carboxylic acids is 1. The van der Waals surface area contributed by atoms with Gasteiger partial charge in [-0.1, -0.05) is 0 Å². The quantitative estimate of drug-likeness (QED) is 0.691. The van der Waals surface area contributed by atoms with Gasteiger partial charge >= 0.3 is 0 Å². The SMILES string of the molecule is CC1Cc2cc(NC(=O)c3cnn4cccnc34)c(N3CCC(CO)CC3)cc2O1. The van der Waals surface area contributed by atoms with Crippen LogP contribution in [-0.4, -0.2) is 51.4 Å². The highest BCUT2D eigenvalue weighted by Gasteiger charge is 2.27. The molecule has 1 fully saturated rings. The molecule has 1 aromatic carbocycles. The third-order valence-corrected chi connectivity index (χ3v) is 6.00. The van der Waals surface area contributed by atoms with Gasteiger partial charge in [-0.3, -0.25) is 4.79 Å². The monoisotopic (exact) mass is 407 g/mol. The second-order valence-electron chi connectivity index (χ2n) is 8.12. The van der Waals surface area contributed by atoms with Crippen molar-refractivity contribution in [3.05, 3.63) is 47.9 Å². The average molecular weight is 407 g/mol. The predicted octanol–water partition coefficient (Wildman–Crippen LogP) is 2.51. The normalized spacial score (nSPS) is 19.0. The molecule has 5 rings (SSSR count). The number of ether oxygens (including phenoxy) is 1. The largest absolute Gasteiger partial charge is 0.490 e. The molecule has 1 unspecified atom stereocenters. The summed E-state index contributed by atoms with van der Waals surface area (Å²) in [6.45, 7) is 3.95. The van der Waals surface area contributed by atoms with Gasteiger partial charge in [0.25, 0.3) is 5.91 Å². The standard InChI is InChI=1S/C22H25N5O3/c1-14-9-16-10-18(25-22(29)17-12-24-27-6-2-5-23-21(17)27)19(11-20(16)30-14)26-7-3-15(13-28)4-8-26/h2,5-6,10-12,14-15,28H,3-4,7-9,13H2,1H3,(H,25,29). The highest BCUT2D eigenvalue weighted by atomic mass is 16.5. The van der Waals surface area contributed by atoms with Crippen molar-refractivity contribution < 1.29 is 14.6 Å². The van der Waals surface area contributed by atoms with Crippen LogP contribution in [0.15, 0.2) is 36.8 Å². The number of nitrogens with zero attached hydrogens (tertiary/aromatic N) is 4. The zero-order valence-corrected chi connectivity index (χ0v) is 16.9. The Balaban J connectivity index is 1.47. The maximum absolute atomic E-state index is 13.1. The van der Waals surface area contributed by atoms with Crippen LogP contribution >= 0.6 is 0 Å². The first-order chi connectivity index (χ1) is 14.6. The Morgan fingerprint density at radius 1 is 1.33 bits per heavy atom. The van der Waals surface area contributed by atoms with E-state index in [0.29, 0.717) is 17.1 Å². The third-order valence-electron chi connectivity index (χ3n) is 6.00. The maximum Gasteiger partial charge on any atom is 0.261 e. The van der Waals surface area contributed by atoms with Crippen LogP contribution in [0.25, 0.3) is 5.65 Å². The molecule has 1 saturated heterocycles. The second-order valence-corrected chi connectivity index (χ2v) is 8.12. The lowest BCUT2D eigenvalue weighted by atomic mass is 9.97. The summed E-state index contributed by atoms with van der Waals surface area (Å²) >= 11 is 0. The van der Waals surface area contributed by atoms with E-state index in [-0.39, 0.29) is 18.6 Å². The minimum absolute atomic E-state index is 0.128. The van der Waals surface area contributed by atoms with Crippen LogP contribution in [0.1, 0.15) is 35.7 Å². The number of rotatable bonds is 4. The van der Waals surface area contributed by atoms with Crippen molar-refractivity contribution in [2.75, 3.05) is 29.9 Å². The summed E-state index contributed by atoms with van der Waals surface area (Å²) in [4.78, 5) is 19.7. The number of nitrogens with one attached hydrogen (secondary N) is 1. The molecule has 2 N–H and O–H groups in total. The van der Waals surface area contributed by atoms with Crippen LogP contribution in [0.2, 0.25) is 0 Å². The fourth-order valence-corrected chi connectivity index (χ4v) is 4.35. The van der Waals surface area contributed by atoms with Crippen molar-refractivity contribution in [1.29, 1.82) is 0 Å². The van der Waals surface area contributed by atoms with E-state index in [2.05, 4.69) is 27.2 Å². The number of hydrogen-bond donors (Lipinski definition) is 2. The summed E-state index contributed by atoms with van der Waals surface area (Å²) in [5, 5.41) is 16.8. The van der Waals surface area contributed by atoms with Crippen LogP contribution in [0.5, 0.6) is 5.75 Å². The summed E-state index contributed by atoms with van der Waals surface area (Å²) < 4.78 is 7.56. The molecule has 8 heteroatoms. The van der Waals surface area contributed by atoms with E-state index < -0.39 is 0 Å². The molecule has 1 amide bonds. The van der Waals surface area contributed by atoms with Crippen molar-refractivity contribution in [3.63, 3.8) is 0 Å². The number of benzene rings is 1. The predicted molar refractivity (Wildman–Crippen MR) is 113 cm³/mol. The van der Waals surface area contributed by atoms with E-state index in [1.807, 2.05) is 12.1 Å². The van der Waals surface area contributed by atoms with Crippen molar-refractivity contribution in [3.8, 4) is 5.75 Å². The first-order valence-electron chi connectivity index (χ1n) is 10.4. The Hall–Kier alpha value is -3.13. The van der Waals surface area contributed by atoms with Gasteiger partial charge < -0.3 is 20.1 Å². The number of aliphatic hydroxyl groups excluding tert-OH is 1. The van der Waals surface area contributed by atoms with Gasteiger partial charge in [-0.2, -0.15) is 5.10 Å². The van der Waals surface area contributed by atoms with E-state index in [1.165, 1.54) is 0 Å². The number of fused-ring (bicyclic) bond motifs is 2. The molecule has 0 aliphatic carbocycles. The molecule has 4 heterocycles. The summed E-state index contributed by atoms with van der Waals surface area (Å²) in [5.41, 5.74) is 3.79. The number of aliphatic hydroxyl groups is 1. The number of anilines is 2.